The van der Waals surface area contributed by atoms with E-state index < -0.39 is 26.7 Å². The van der Waals surface area contributed by atoms with E-state index in [2.05, 4.69) is 4.72 Å². The Morgan fingerprint density at radius 2 is 1.81 bits per heavy atom. The first-order valence-electron chi connectivity index (χ1n) is 7.63. The van der Waals surface area contributed by atoms with Crippen LogP contribution in [0.3, 0.4) is 0 Å². The molecular formula is C18H14F3NO4S. The first-order chi connectivity index (χ1) is 12.7. The minimum Gasteiger partial charge on any atom is -0.497 e. The van der Waals surface area contributed by atoms with Gasteiger partial charge in [-0.3, -0.25) is 4.72 Å². The summed E-state index contributed by atoms with van der Waals surface area (Å²) in [6.07, 6.45) is -3.23. The Kier molecular flexibility index (Phi) is 4.88. The number of halogens is 3. The summed E-state index contributed by atoms with van der Waals surface area (Å²) in [5, 5.41) is 0. The average Bonchev–Trinajstić information content (AvgIpc) is 3.16. The van der Waals surface area contributed by atoms with Crippen LogP contribution in [-0.2, 0) is 16.2 Å². The summed E-state index contributed by atoms with van der Waals surface area (Å²) in [5.41, 5.74) is -0.524. The largest absolute Gasteiger partial charge is 0.497 e. The molecule has 27 heavy (non-hydrogen) atoms. The van der Waals surface area contributed by atoms with E-state index in [1.165, 1.54) is 25.5 Å². The number of sulfonamides is 1. The highest BCUT2D eigenvalue weighted by atomic mass is 32.2. The van der Waals surface area contributed by atoms with Crippen LogP contribution in [0.15, 0.2) is 70.2 Å². The standard InChI is InChI=1S/C18H14F3NO4S/c1-25-13-7-8-16(15(11-13)17-6-3-9-26-17)22-27(23,24)14-5-2-4-12(10-14)18(19,20)21/h2-11,22H,1H3. The van der Waals surface area contributed by atoms with Crippen LogP contribution in [0.25, 0.3) is 11.3 Å². The number of ether oxygens (including phenoxy) is 1. The van der Waals surface area contributed by atoms with Crippen molar-refractivity contribution in [1.29, 1.82) is 0 Å². The number of furan rings is 1. The van der Waals surface area contributed by atoms with Crippen molar-refractivity contribution < 1.29 is 30.7 Å². The van der Waals surface area contributed by atoms with Crippen molar-refractivity contribution in [3.8, 4) is 17.1 Å². The number of rotatable bonds is 5. The molecule has 0 aliphatic heterocycles. The molecule has 0 fully saturated rings. The zero-order chi connectivity index (χ0) is 19.7. The van der Waals surface area contributed by atoms with E-state index in [-0.39, 0.29) is 5.69 Å². The Labute approximate surface area is 153 Å². The monoisotopic (exact) mass is 397 g/mol. The maximum Gasteiger partial charge on any atom is 0.416 e. The molecule has 1 aromatic heterocycles. The lowest BCUT2D eigenvalue weighted by atomic mass is 10.1. The smallest absolute Gasteiger partial charge is 0.416 e. The SMILES string of the molecule is COc1ccc(NS(=O)(=O)c2cccc(C(F)(F)F)c2)c(-c2ccco2)c1. The minimum atomic E-state index is -4.65. The lowest BCUT2D eigenvalue weighted by molar-refractivity contribution is -0.137. The van der Waals surface area contributed by atoms with Crippen molar-refractivity contribution in [2.24, 2.45) is 0 Å². The summed E-state index contributed by atoms with van der Waals surface area (Å²) < 4.78 is 76.6. The number of nitrogens with one attached hydrogen (secondary N) is 1. The number of hydrogen-bond acceptors (Lipinski definition) is 4. The van der Waals surface area contributed by atoms with Gasteiger partial charge >= 0.3 is 6.18 Å². The summed E-state index contributed by atoms with van der Waals surface area (Å²) in [6.45, 7) is 0. The van der Waals surface area contributed by atoms with Crippen molar-refractivity contribution >= 4 is 15.7 Å². The van der Waals surface area contributed by atoms with Crippen molar-refractivity contribution in [2.45, 2.75) is 11.1 Å². The fourth-order valence-corrected chi connectivity index (χ4v) is 3.54. The highest BCUT2D eigenvalue weighted by Gasteiger charge is 2.31. The molecule has 0 saturated carbocycles. The molecule has 9 heteroatoms. The number of alkyl halides is 3. The van der Waals surface area contributed by atoms with Crippen molar-refractivity contribution in [1.82, 2.24) is 0 Å². The van der Waals surface area contributed by atoms with Crippen LogP contribution in [0.1, 0.15) is 5.56 Å². The quantitative estimate of drug-likeness (QED) is 0.673. The van der Waals surface area contributed by atoms with Crippen LogP contribution in [0, 0.1) is 0 Å². The molecule has 3 rings (SSSR count). The zero-order valence-corrected chi connectivity index (χ0v) is 14.8. The molecule has 0 spiro atoms. The third kappa shape index (κ3) is 4.08. The van der Waals surface area contributed by atoms with Crippen LogP contribution < -0.4 is 9.46 Å². The average molecular weight is 397 g/mol. The molecule has 0 aliphatic carbocycles. The van der Waals surface area contributed by atoms with Gasteiger partial charge in [-0.15, -0.1) is 0 Å². The van der Waals surface area contributed by atoms with E-state index in [9.17, 15) is 21.6 Å². The Hall–Kier alpha value is -2.94. The molecule has 0 atom stereocenters. The second kappa shape index (κ2) is 6.99. The molecule has 0 aliphatic rings. The number of hydrogen-bond donors (Lipinski definition) is 1. The lowest BCUT2D eigenvalue weighted by Gasteiger charge is -2.14. The van der Waals surface area contributed by atoms with Gasteiger partial charge in [0.05, 0.1) is 29.5 Å². The third-order valence-electron chi connectivity index (χ3n) is 3.73. The fraction of sp³-hybridized carbons (Fsp3) is 0.111. The van der Waals surface area contributed by atoms with Crippen LogP contribution >= 0.6 is 0 Å². The van der Waals surface area contributed by atoms with Crippen LogP contribution in [0.4, 0.5) is 18.9 Å². The lowest BCUT2D eigenvalue weighted by Crippen LogP contribution is -2.15. The van der Waals surface area contributed by atoms with Gasteiger partial charge in [0.1, 0.15) is 11.5 Å². The Morgan fingerprint density at radius 3 is 2.44 bits per heavy atom. The maximum absolute atomic E-state index is 12.9. The van der Waals surface area contributed by atoms with Gasteiger partial charge in [0.15, 0.2) is 0 Å². The van der Waals surface area contributed by atoms with Gasteiger partial charge in [-0.25, -0.2) is 8.42 Å². The van der Waals surface area contributed by atoms with Gasteiger partial charge in [0, 0.05) is 5.56 Å². The first-order valence-corrected chi connectivity index (χ1v) is 9.11. The fourth-order valence-electron chi connectivity index (χ4n) is 2.42. The Bertz CT molecular complexity index is 1040. The molecule has 0 saturated heterocycles. The van der Waals surface area contributed by atoms with E-state index in [1.807, 2.05) is 0 Å². The zero-order valence-electron chi connectivity index (χ0n) is 13.9. The second-order valence-electron chi connectivity index (χ2n) is 5.52. The van der Waals surface area contributed by atoms with E-state index >= 15 is 0 Å². The highest BCUT2D eigenvalue weighted by molar-refractivity contribution is 7.92. The topological polar surface area (TPSA) is 68.5 Å². The predicted molar refractivity (Wildman–Crippen MR) is 92.9 cm³/mol. The van der Waals surface area contributed by atoms with Gasteiger partial charge in [-0.05, 0) is 48.5 Å². The third-order valence-corrected chi connectivity index (χ3v) is 5.09. The summed E-state index contributed by atoms with van der Waals surface area (Å²) in [7, 11) is -2.81. The molecule has 2 aromatic carbocycles. The first kappa shape index (κ1) is 18.8. The van der Waals surface area contributed by atoms with Crippen LogP contribution in [-0.4, -0.2) is 15.5 Å². The number of methoxy groups -OCH3 is 1. The van der Waals surface area contributed by atoms with Gasteiger partial charge in [-0.2, -0.15) is 13.2 Å². The van der Waals surface area contributed by atoms with Gasteiger partial charge < -0.3 is 9.15 Å². The number of anilines is 1. The molecule has 142 valence electrons. The van der Waals surface area contributed by atoms with Crippen molar-refractivity contribution in [2.75, 3.05) is 11.8 Å². The molecule has 1 N–H and O–H groups in total. The van der Waals surface area contributed by atoms with E-state index in [0.717, 1.165) is 18.2 Å². The maximum atomic E-state index is 12.9. The second-order valence-corrected chi connectivity index (χ2v) is 7.20. The molecule has 3 aromatic rings. The number of benzene rings is 2. The summed E-state index contributed by atoms with van der Waals surface area (Å²) in [5.74, 6) is 0.832. The van der Waals surface area contributed by atoms with Crippen LogP contribution in [0.2, 0.25) is 0 Å². The Morgan fingerprint density at radius 1 is 1.04 bits per heavy atom. The van der Waals surface area contributed by atoms with Crippen LogP contribution in [0.5, 0.6) is 5.75 Å². The molecule has 1 heterocycles. The van der Waals surface area contributed by atoms with E-state index in [0.29, 0.717) is 23.1 Å². The molecule has 0 radical (unpaired) electrons. The molecular weight excluding hydrogens is 383 g/mol. The van der Waals surface area contributed by atoms with E-state index in [1.54, 1.807) is 18.2 Å². The summed E-state index contributed by atoms with van der Waals surface area (Å²) in [6, 6.07) is 11.3. The highest BCUT2D eigenvalue weighted by Crippen LogP contribution is 2.34. The summed E-state index contributed by atoms with van der Waals surface area (Å²) >= 11 is 0. The van der Waals surface area contributed by atoms with E-state index in [4.69, 9.17) is 9.15 Å². The van der Waals surface area contributed by atoms with Gasteiger partial charge in [0.2, 0.25) is 0 Å². The molecule has 0 unspecified atom stereocenters. The normalized spacial score (nSPS) is 12.0. The molecule has 0 amide bonds. The van der Waals surface area contributed by atoms with Crippen molar-refractivity contribution in [3.05, 3.63) is 66.4 Å². The predicted octanol–water partition coefficient (Wildman–Crippen LogP) is 4.77. The van der Waals surface area contributed by atoms with Crippen molar-refractivity contribution in [3.63, 3.8) is 0 Å². The Balaban J connectivity index is 2.02. The minimum absolute atomic E-state index is 0.142. The van der Waals surface area contributed by atoms with Gasteiger partial charge in [0.25, 0.3) is 10.0 Å². The van der Waals surface area contributed by atoms with Gasteiger partial charge in [-0.1, -0.05) is 6.07 Å². The summed E-state index contributed by atoms with van der Waals surface area (Å²) in [4.78, 5) is -0.501. The molecule has 0 bridgehead atoms. The molecule has 5 nitrogen and oxygen atoms in total.